The standard InChI is InChI=1S/C13H18N2O3S/c1-13(10-14,15-2)7-8-18-11-5-4-6-12(9-11)19(3,16)17/h4-6,9,15H,7-8H2,1-3H3. The second-order valence-electron chi connectivity index (χ2n) is 4.54. The highest BCUT2D eigenvalue weighted by Crippen LogP contribution is 2.18. The third kappa shape index (κ3) is 4.54. The summed E-state index contributed by atoms with van der Waals surface area (Å²) in [6, 6.07) is 8.50. The summed E-state index contributed by atoms with van der Waals surface area (Å²) in [4.78, 5) is 0.224. The molecule has 0 amide bonds. The number of hydrogen-bond donors (Lipinski definition) is 1. The van der Waals surface area contributed by atoms with E-state index in [1.54, 1.807) is 26.1 Å². The largest absolute Gasteiger partial charge is 0.493 e. The Bertz CT molecular complexity index is 578. The maximum atomic E-state index is 11.4. The van der Waals surface area contributed by atoms with Gasteiger partial charge in [-0.3, -0.25) is 0 Å². The van der Waals surface area contributed by atoms with Gasteiger partial charge in [0.25, 0.3) is 0 Å². The second-order valence-corrected chi connectivity index (χ2v) is 6.56. The quantitative estimate of drug-likeness (QED) is 0.852. The van der Waals surface area contributed by atoms with Crippen LogP contribution in [0.1, 0.15) is 13.3 Å². The third-order valence-corrected chi connectivity index (χ3v) is 4.01. The van der Waals surface area contributed by atoms with Gasteiger partial charge < -0.3 is 10.1 Å². The van der Waals surface area contributed by atoms with Crippen LogP contribution in [0.5, 0.6) is 5.75 Å². The summed E-state index contributed by atoms with van der Waals surface area (Å²) in [5.74, 6) is 0.485. The molecule has 1 aromatic rings. The Balaban J connectivity index is 2.68. The first-order valence-electron chi connectivity index (χ1n) is 5.84. The van der Waals surface area contributed by atoms with Gasteiger partial charge in [-0.2, -0.15) is 5.26 Å². The smallest absolute Gasteiger partial charge is 0.175 e. The minimum atomic E-state index is -3.23. The first-order valence-corrected chi connectivity index (χ1v) is 7.73. The molecule has 0 radical (unpaired) electrons. The van der Waals surface area contributed by atoms with E-state index in [9.17, 15) is 8.42 Å². The lowest BCUT2D eigenvalue weighted by molar-refractivity contribution is 0.272. The van der Waals surface area contributed by atoms with Gasteiger partial charge in [-0.15, -0.1) is 0 Å². The molecular formula is C13H18N2O3S. The van der Waals surface area contributed by atoms with Crippen LogP contribution >= 0.6 is 0 Å². The van der Waals surface area contributed by atoms with Crippen LogP contribution in [0.2, 0.25) is 0 Å². The van der Waals surface area contributed by atoms with E-state index in [0.717, 1.165) is 6.26 Å². The molecule has 0 saturated heterocycles. The molecule has 104 valence electrons. The fourth-order valence-electron chi connectivity index (χ4n) is 1.40. The van der Waals surface area contributed by atoms with Crippen molar-refractivity contribution >= 4 is 9.84 Å². The number of nitrogens with zero attached hydrogens (tertiary/aromatic N) is 1. The minimum absolute atomic E-state index is 0.224. The van der Waals surface area contributed by atoms with Gasteiger partial charge in [0.05, 0.1) is 17.6 Å². The van der Waals surface area contributed by atoms with Crippen LogP contribution in [0, 0.1) is 11.3 Å². The molecule has 0 fully saturated rings. The van der Waals surface area contributed by atoms with E-state index in [-0.39, 0.29) is 4.90 Å². The Hall–Kier alpha value is -1.58. The Kier molecular flexibility index (Phi) is 4.92. The van der Waals surface area contributed by atoms with Gasteiger partial charge in [0.15, 0.2) is 9.84 Å². The van der Waals surface area contributed by atoms with Gasteiger partial charge in [0, 0.05) is 12.7 Å². The molecule has 0 aliphatic heterocycles. The summed E-state index contributed by atoms with van der Waals surface area (Å²) in [6.07, 6.45) is 1.66. The van der Waals surface area contributed by atoms with Gasteiger partial charge >= 0.3 is 0 Å². The molecule has 0 saturated carbocycles. The van der Waals surface area contributed by atoms with Gasteiger partial charge in [-0.05, 0) is 32.2 Å². The van der Waals surface area contributed by atoms with Gasteiger partial charge in [-0.1, -0.05) is 6.07 Å². The molecule has 0 aliphatic rings. The van der Waals surface area contributed by atoms with Crippen LogP contribution in [-0.4, -0.2) is 33.9 Å². The number of ether oxygens (including phenoxy) is 1. The van der Waals surface area contributed by atoms with E-state index in [1.807, 2.05) is 0 Å². The summed E-state index contributed by atoms with van der Waals surface area (Å²) >= 11 is 0. The third-order valence-electron chi connectivity index (χ3n) is 2.90. The van der Waals surface area contributed by atoms with Crippen LogP contribution in [0.4, 0.5) is 0 Å². The highest BCUT2D eigenvalue weighted by molar-refractivity contribution is 7.90. The molecule has 1 atom stereocenters. The molecule has 1 unspecified atom stereocenters. The number of rotatable bonds is 6. The second kappa shape index (κ2) is 6.04. The lowest BCUT2D eigenvalue weighted by atomic mass is 10.0. The molecule has 0 spiro atoms. The fraction of sp³-hybridized carbons (Fsp3) is 0.462. The van der Waals surface area contributed by atoms with Crippen molar-refractivity contribution in [2.75, 3.05) is 19.9 Å². The Morgan fingerprint density at radius 3 is 2.68 bits per heavy atom. The van der Waals surface area contributed by atoms with E-state index in [1.165, 1.54) is 12.1 Å². The molecule has 6 heteroatoms. The topological polar surface area (TPSA) is 79.2 Å². The molecule has 0 bridgehead atoms. The van der Waals surface area contributed by atoms with Crippen molar-refractivity contribution in [2.45, 2.75) is 23.8 Å². The number of sulfone groups is 1. The minimum Gasteiger partial charge on any atom is -0.493 e. The lowest BCUT2D eigenvalue weighted by Crippen LogP contribution is -2.39. The maximum absolute atomic E-state index is 11.4. The number of benzene rings is 1. The van der Waals surface area contributed by atoms with Gasteiger partial charge in [0.2, 0.25) is 0 Å². The van der Waals surface area contributed by atoms with E-state index in [0.29, 0.717) is 18.8 Å². The van der Waals surface area contributed by atoms with E-state index in [4.69, 9.17) is 10.00 Å². The average molecular weight is 282 g/mol. The summed E-state index contributed by atoms with van der Waals surface area (Å²) in [5, 5.41) is 11.9. The van der Waals surface area contributed by atoms with Crippen LogP contribution in [-0.2, 0) is 9.84 Å². The first kappa shape index (κ1) is 15.5. The molecule has 1 N–H and O–H groups in total. The zero-order chi connectivity index (χ0) is 14.5. The SMILES string of the molecule is CNC(C)(C#N)CCOc1cccc(S(C)(=O)=O)c1. The fourth-order valence-corrected chi connectivity index (χ4v) is 2.06. The lowest BCUT2D eigenvalue weighted by Gasteiger charge is -2.20. The molecule has 1 rings (SSSR count). The monoisotopic (exact) mass is 282 g/mol. The number of nitrogens with one attached hydrogen (secondary N) is 1. The zero-order valence-electron chi connectivity index (χ0n) is 11.3. The highest BCUT2D eigenvalue weighted by Gasteiger charge is 2.20. The summed E-state index contributed by atoms with van der Waals surface area (Å²) in [6.45, 7) is 2.11. The summed E-state index contributed by atoms with van der Waals surface area (Å²) in [7, 11) is -1.52. The molecule has 5 nitrogen and oxygen atoms in total. The van der Waals surface area contributed by atoms with Crippen molar-refractivity contribution in [1.29, 1.82) is 5.26 Å². The van der Waals surface area contributed by atoms with E-state index in [2.05, 4.69) is 11.4 Å². The van der Waals surface area contributed by atoms with Gasteiger partial charge in [0.1, 0.15) is 11.3 Å². The van der Waals surface area contributed by atoms with E-state index >= 15 is 0 Å². The van der Waals surface area contributed by atoms with Crippen molar-refractivity contribution in [1.82, 2.24) is 5.32 Å². The van der Waals surface area contributed by atoms with Gasteiger partial charge in [-0.25, -0.2) is 8.42 Å². The van der Waals surface area contributed by atoms with Crippen molar-refractivity contribution in [3.8, 4) is 11.8 Å². The molecule has 1 aromatic carbocycles. The molecular weight excluding hydrogens is 264 g/mol. The maximum Gasteiger partial charge on any atom is 0.175 e. The van der Waals surface area contributed by atoms with E-state index < -0.39 is 15.4 Å². The summed E-state index contributed by atoms with van der Waals surface area (Å²) in [5.41, 5.74) is -0.644. The first-order chi connectivity index (χ1) is 8.80. The molecule has 0 heterocycles. The van der Waals surface area contributed by atoms with Crippen LogP contribution < -0.4 is 10.1 Å². The van der Waals surface area contributed by atoms with Crippen molar-refractivity contribution in [3.63, 3.8) is 0 Å². The summed E-state index contributed by atoms with van der Waals surface area (Å²) < 4.78 is 28.3. The number of hydrogen-bond acceptors (Lipinski definition) is 5. The zero-order valence-corrected chi connectivity index (χ0v) is 12.1. The predicted octanol–water partition coefficient (Wildman–Crippen LogP) is 1.36. The Morgan fingerprint density at radius 1 is 1.47 bits per heavy atom. The molecule has 19 heavy (non-hydrogen) atoms. The normalized spacial score (nSPS) is 14.4. The predicted molar refractivity (Wildman–Crippen MR) is 72.7 cm³/mol. The van der Waals surface area contributed by atoms with Crippen LogP contribution in [0.3, 0.4) is 0 Å². The molecule has 0 aromatic heterocycles. The van der Waals surface area contributed by atoms with Crippen molar-refractivity contribution < 1.29 is 13.2 Å². The average Bonchev–Trinajstić information content (AvgIpc) is 2.38. The molecule has 0 aliphatic carbocycles. The van der Waals surface area contributed by atoms with Crippen molar-refractivity contribution in [2.24, 2.45) is 0 Å². The van der Waals surface area contributed by atoms with Crippen molar-refractivity contribution in [3.05, 3.63) is 24.3 Å². The highest BCUT2D eigenvalue weighted by atomic mass is 32.2. The Labute approximate surface area is 114 Å². The number of nitriles is 1. The van der Waals surface area contributed by atoms with Crippen LogP contribution in [0.25, 0.3) is 0 Å². The Morgan fingerprint density at radius 2 is 2.16 bits per heavy atom. The van der Waals surface area contributed by atoms with Crippen LogP contribution in [0.15, 0.2) is 29.2 Å².